The van der Waals surface area contributed by atoms with Crippen molar-refractivity contribution in [3.63, 3.8) is 0 Å². The van der Waals surface area contributed by atoms with Crippen LogP contribution in [0.2, 0.25) is 0 Å². The first kappa shape index (κ1) is 19.1. The van der Waals surface area contributed by atoms with Gasteiger partial charge >= 0.3 is 0 Å². The molecule has 5 nitrogen and oxygen atoms in total. The average Bonchev–Trinajstić information content (AvgIpc) is 2.58. The lowest BCUT2D eigenvalue weighted by atomic mass is 10.1. The maximum absolute atomic E-state index is 12.2. The van der Waals surface area contributed by atoms with Gasteiger partial charge in [0.05, 0.1) is 0 Å². The van der Waals surface area contributed by atoms with Crippen LogP contribution in [0.5, 0.6) is 0 Å². The molecule has 0 unspecified atom stereocenters. The number of amides is 2. The van der Waals surface area contributed by atoms with E-state index in [2.05, 4.69) is 31.9 Å². The second-order valence-corrected chi connectivity index (χ2v) is 6.67. The van der Waals surface area contributed by atoms with Gasteiger partial charge in [-0.25, -0.2) is 0 Å². The maximum atomic E-state index is 12.2. The quantitative estimate of drug-likeness (QED) is 0.648. The highest BCUT2D eigenvalue weighted by Gasteiger charge is 2.09. The van der Waals surface area contributed by atoms with Crippen LogP contribution >= 0.6 is 28.1 Å². The molecule has 0 heterocycles. The second kappa shape index (κ2) is 8.73. The van der Waals surface area contributed by atoms with E-state index in [-0.39, 0.29) is 16.9 Å². The number of carbonyl (C=O) groups is 2. The third kappa shape index (κ3) is 5.65. The number of rotatable bonds is 4. The number of carbonyl (C=O) groups excluding carboxylic acids is 2. The molecule has 130 valence electrons. The molecule has 0 spiro atoms. The number of thiocarbonyl (C=S) groups is 1. The Morgan fingerprint density at radius 2 is 1.76 bits per heavy atom. The highest BCUT2D eigenvalue weighted by atomic mass is 79.9. The number of benzene rings is 2. The summed E-state index contributed by atoms with van der Waals surface area (Å²) in [6.45, 7) is 3.70. The van der Waals surface area contributed by atoms with Crippen LogP contribution in [0.15, 0.2) is 46.9 Å². The normalized spacial score (nSPS) is 10.0. The summed E-state index contributed by atoms with van der Waals surface area (Å²) >= 11 is 8.51. The minimum absolute atomic E-state index is 0.0635. The van der Waals surface area contributed by atoms with Crippen molar-refractivity contribution in [1.82, 2.24) is 5.32 Å². The van der Waals surface area contributed by atoms with Crippen molar-refractivity contribution in [2.24, 2.45) is 0 Å². The molecule has 0 atom stereocenters. The molecular formula is C18H18BrN3O2S. The van der Waals surface area contributed by atoms with Gasteiger partial charge in [0.2, 0.25) is 5.91 Å². The Balaban J connectivity index is 2.02. The van der Waals surface area contributed by atoms with E-state index in [9.17, 15) is 9.59 Å². The first-order chi connectivity index (χ1) is 11.9. The summed E-state index contributed by atoms with van der Waals surface area (Å²) in [5, 5.41) is 8.60. The van der Waals surface area contributed by atoms with Crippen LogP contribution in [0.1, 0.15) is 29.3 Å². The second-order valence-electron chi connectivity index (χ2n) is 5.35. The molecule has 0 radical (unpaired) electrons. The molecule has 0 fully saturated rings. The van der Waals surface area contributed by atoms with E-state index in [0.29, 0.717) is 23.4 Å². The lowest BCUT2D eigenvalue weighted by Crippen LogP contribution is -2.34. The molecule has 0 saturated carbocycles. The largest absolute Gasteiger partial charge is 0.332 e. The number of nitrogens with one attached hydrogen (secondary N) is 3. The fourth-order valence-corrected chi connectivity index (χ4v) is 2.49. The molecule has 7 heteroatoms. The van der Waals surface area contributed by atoms with E-state index < -0.39 is 0 Å². The zero-order valence-electron chi connectivity index (χ0n) is 13.9. The van der Waals surface area contributed by atoms with Crippen molar-refractivity contribution in [3.8, 4) is 0 Å². The first-order valence-corrected chi connectivity index (χ1v) is 8.87. The zero-order chi connectivity index (χ0) is 18.4. The molecule has 2 amide bonds. The van der Waals surface area contributed by atoms with Gasteiger partial charge in [-0.3, -0.25) is 14.9 Å². The van der Waals surface area contributed by atoms with Gasteiger partial charge in [-0.1, -0.05) is 28.9 Å². The fourth-order valence-electron chi connectivity index (χ4n) is 2.01. The average molecular weight is 420 g/mol. The molecule has 2 aromatic carbocycles. The number of aryl methyl sites for hydroxylation is 1. The van der Waals surface area contributed by atoms with Gasteiger partial charge in [0.1, 0.15) is 0 Å². The summed E-state index contributed by atoms with van der Waals surface area (Å²) in [4.78, 5) is 23.7. The smallest absolute Gasteiger partial charge is 0.257 e. The van der Waals surface area contributed by atoms with Crippen molar-refractivity contribution in [2.45, 2.75) is 20.3 Å². The summed E-state index contributed by atoms with van der Waals surface area (Å²) in [7, 11) is 0. The van der Waals surface area contributed by atoms with E-state index in [4.69, 9.17) is 12.2 Å². The zero-order valence-corrected chi connectivity index (χ0v) is 16.3. The van der Waals surface area contributed by atoms with Crippen molar-refractivity contribution in [3.05, 3.63) is 58.1 Å². The van der Waals surface area contributed by atoms with E-state index in [0.717, 1.165) is 10.0 Å². The van der Waals surface area contributed by atoms with E-state index in [1.54, 1.807) is 37.3 Å². The Bertz CT molecular complexity index is 806. The van der Waals surface area contributed by atoms with Crippen molar-refractivity contribution < 1.29 is 9.59 Å². The fraction of sp³-hybridized carbons (Fsp3) is 0.167. The molecular weight excluding hydrogens is 402 g/mol. The van der Waals surface area contributed by atoms with Crippen molar-refractivity contribution >= 4 is 56.4 Å². The third-order valence-electron chi connectivity index (χ3n) is 3.42. The van der Waals surface area contributed by atoms with E-state index in [1.165, 1.54) is 0 Å². The Hall–Kier alpha value is -2.25. The molecule has 0 aromatic heterocycles. The monoisotopic (exact) mass is 419 g/mol. The number of anilines is 2. The highest BCUT2D eigenvalue weighted by molar-refractivity contribution is 9.10. The van der Waals surface area contributed by atoms with Gasteiger partial charge in [0.15, 0.2) is 5.11 Å². The molecule has 0 bridgehead atoms. The predicted octanol–water partition coefficient (Wildman–Crippen LogP) is 4.23. The minimum atomic E-state index is -0.295. The SMILES string of the molecule is CCC(=O)Nc1cc(NC(=S)NC(=O)c2ccc(Br)cc2)ccc1C. The van der Waals surface area contributed by atoms with Gasteiger partial charge in [0.25, 0.3) is 5.91 Å². The first-order valence-electron chi connectivity index (χ1n) is 7.67. The summed E-state index contributed by atoms with van der Waals surface area (Å²) in [6.07, 6.45) is 0.402. The van der Waals surface area contributed by atoms with Crippen LogP contribution in [0, 0.1) is 6.92 Å². The predicted molar refractivity (Wildman–Crippen MR) is 108 cm³/mol. The molecule has 0 saturated heterocycles. The standard InChI is InChI=1S/C18H18BrN3O2S/c1-3-16(23)21-15-10-14(9-4-11(15)2)20-18(25)22-17(24)12-5-7-13(19)8-6-12/h4-10H,3H2,1-2H3,(H,21,23)(H2,20,22,24,25). The van der Waals surface area contributed by atoms with Gasteiger partial charge in [-0.2, -0.15) is 0 Å². The lowest BCUT2D eigenvalue weighted by molar-refractivity contribution is -0.115. The van der Waals surface area contributed by atoms with Crippen molar-refractivity contribution in [1.29, 1.82) is 0 Å². The molecule has 0 aliphatic rings. The molecule has 3 N–H and O–H groups in total. The highest BCUT2D eigenvalue weighted by Crippen LogP contribution is 2.20. The van der Waals surface area contributed by atoms with Crippen LogP contribution in [-0.4, -0.2) is 16.9 Å². The van der Waals surface area contributed by atoms with Crippen LogP contribution in [0.3, 0.4) is 0 Å². The minimum Gasteiger partial charge on any atom is -0.332 e. The Kier molecular flexibility index (Phi) is 6.66. The van der Waals surface area contributed by atoms with Gasteiger partial charge in [0, 0.05) is 27.8 Å². The van der Waals surface area contributed by atoms with Crippen molar-refractivity contribution in [2.75, 3.05) is 10.6 Å². The lowest BCUT2D eigenvalue weighted by Gasteiger charge is -2.13. The van der Waals surface area contributed by atoms with E-state index >= 15 is 0 Å². The van der Waals surface area contributed by atoms with Crippen LogP contribution in [-0.2, 0) is 4.79 Å². The third-order valence-corrected chi connectivity index (χ3v) is 4.16. The molecule has 2 rings (SSSR count). The van der Waals surface area contributed by atoms with Gasteiger partial charge in [-0.15, -0.1) is 0 Å². The van der Waals surface area contributed by atoms with Crippen LogP contribution in [0.4, 0.5) is 11.4 Å². The molecule has 2 aromatic rings. The molecule has 0 aliphatic carbocycles. The Labute approximate surface area is 160 Å². The van der Waals surface area contributed by atoms with Crippen LogP contribution < -0.4 is 16.0 Å². The summed E-state index contributed by atoms with van der Waals surface area (Å²) in [6, 6.07) is 12.4. The van der Waals surface area contributed by atoms with E-state index in [1.807, 2.05) is 19.1 Å². The Morgan fingerprint density at radius 1 is 1.08 bits per heavy atom. The number of halogens is 1. The molecule has 0 aliphatic heterocycles. The maximum Gasteiger partial charge on any atom is 0.257 e. The van der Waals surface area contributed by atoms with Crippen LogP contribution in [0.25, 0.3) is 0 Å². The van der Waals surface area contributed by atoms with Gasteiger partial charge in [-0.05, 0) is 61.1 Å². The Morgan fingerprint density at radius 3 is 2.40 bits per heavy atom. The number of hydrogen-bond donors (Lipinski definition) is 3. The topological polar surface area (TPSA) is 70.2 Å². The van der Waals surface area contributed by atoms with Gasteiger partial charge < -0.3 is 10.6 Å². The molecule has 25 heavy (non-hydrogen) atoms. The summed E-state index contributed by atoms with van der Waals surface area (Å²) < 4.78 is 0.895. The number of hydrogen-bond acceptors (Lipinski definition) is 3. The summed E-state index contributed by atoms with van der Waals surface area (Å²) in [5.74, 6) is -0.358. The summed E-state index contributed by atoms with van der Waals surface area (Å²) in [5.41, 5.74) is 2.83.